The van der Waals surface area contributed by atoms with Gasteiger partial charge in [0.15, 0.2) is 0 Å². The van der Waals surface area contributed by atoms with E-state index in [2.05, 4.69) is 16.4 Å². The number of anilines is 1. The van der Waals surface area contributed by atoms with Gasteiger partial charge in [0.05, 0.1) is 0 Å². The van der Waals surface area contributed by atoms with Crippen LogP contribution >= 0.6 is 0 Å². The Morgan fingerprint density at radius 3 is 2.33 bits per heavy atom. The smallest absolute Gasteiger partial charge is 0.693 e. The number of nitrogens with one attached hydrogen (secondary N) is 1. The predicted molar refractivity (Wildman–Crippen MR) is 91.8 cm³/mol. The molecule has 0 saturated carbocycles. The number of hydrogen-bond acceptors (Lipinski definition) is 4. The molecule has 2 aromatic rings. The molecule has 11 heteroatoms. The van der Waals surface area contributed by atoms with Crippen LogP contribution in [0.25, 0.3) is 11.8 Å². The van der Waals surface area contributed by atoms with Gasteiger partial charge in [-0.3, -0.25) is 9.88 Å². The number of aromatic nitrogens is 2. The number of carbonyl (C=O) groups excluding carboxylic acids is 2. The quantitative estimate of drug-likeness (QED) is 0.412. The molecule has 1 radical (unpaired) electrons. The molecule has 1 aromatic heterocycles. The maximum Gasteiger partial charge on any atom is 1.00 e. The standard InChI is InChI=1S/C16H15N5O3.K.H2N.Y/c22-12-19-8-10-20(11-9-19)15(23)17-14-6-7-21(16(24)18-14)13-4-2-1-3-5-13;;;/h2-7H,8-11H2,(H,17,18,23,24);;1H2;/q-2;+1;-1;. The molecular formula is C16H17KN6O3Y-2. The molecule has 1 aromatic carbocycles. The third kappa shape index (κ3) is 7.13. The van der Waals surface area contributed by atoms with Gasteiger partial charge in [0.25, 0.3) is 0 Å². The van der Waals surface area contributed by atoms with E-state index in [9.17, 15) is 14.4 Å². The van der Waals surface area contributed by atoms with E-state index in [0.29, 0.717) is 31.9 Å². The minimum atomic E-state index is -0.487. The van der Waals surface area contributed by atoms with E-state index in [0.717, 1.165) is 0 Å². The number of hydrogen-bond donors (Lipinski definition) is 1. The summed E-state index contributed by atoms with van der Waals surface area (Å²) < 4.78 is 1.38. The molecular weight excluding hydrogens is 452 g/mol. The predicted octanol–water partition coefficient (Wildman–Crippen LogP) is -2.03. The molecule has 3 rings (SSSR count). The second-order valence-electron chi connectivity index (χ2n) is 5.22. The van der Waals surface area contributed by atoms with Crippen molar-refractivity contribution in [3.8, 4) is 5.69 Å². The summed E-state index contributed by atoms with van der Waals surface area (Å²) in [7, 11) is 0. The Bertz CT molecular complexity index is 796. The fourth-order valence-corrected chi connectivity index (χ4v) is 2.40. The van der Waals surface area contributed by atoms with Crippen LogP contribution in [0.15, 0.2) is 41.3 Å². The first-order chi connectivity index (χ1) is 11.7. The molecule has 0 bridgehead atoms. The summed E-state index contributed by atoms with van der Waals surface area (Å²) in [6.07, 6.45) is 3.36. The largest absolute Gasteiger partial charge is 1.00 e. The van der Waals surface area contributed by atoms with Gasteiger partial charge < -0.3 is 20.7 Å². The molecule has 3 N–H and O–H groups in total. The van der Waals surface area contributed by atoms with Crippen LogP contribution in [0.3, 0.4) is 0 Å². The summed E-state index contributed by atoms with van der Waals surface area (Å²) in [6, 6.07) is 11.0. The Morgan fingerprint density at radius 1 is 1.15 bits per heavy atom. The number of urea groups is 1. The van der Waals surface area contributed by atoms with Crippen molar-refractivity contribution in [2.75, 3.05) is 31.5 Å². The van der Waals surface area contributed by atoms with Crippen LogP contribution in [0, 0.1) is 6.07 Å². The number of carbonyl (C=O) groups is 1. The first-order valence-corrected chi connectivity index (χ1v) is 7.42. The Balaban J connectivity index is 0.00000225. The van der Waals surface area contributed by atoms with E-state index >= 15 is 0 Å². The van der Waals surface area contributed by atoms with Crippen LogP contribution in [0.4, 0.5) is 10.6 Å². The summed E-state index contributed by atoms with van der Waals surface area (Å²) >= 11 is 0. The minimum Gasteiger partial charge on any atom is -0.693 e. The molecule has 9 nitrogen and oxygen atoms in total. The number of nitrogens with zero attached hydrogens (tertiary/aromatic N) is 4. The third-order valence-corrected chi connectivity index (χ3v) is 3.71. The van der Waals surface area contributed by atoms with Gasteiger partial charge in [0, 0.05) is 65.1 Å². The van der Waals surface area contributed by atoms with Gasteiger partial charge in [0.2, 0.25) is 0 Å². The number of benzene rings is 1. The molecule has 0 spiro atoms. The van der Waals surface area contributed by atoms with E-state index in [1.807, 2.05) is 6.41 Å². The molecule has 3 amide bonds. The van der Waals surface area contributed by atoms with Crippen LogP contribution in [0.5, 0.6) is 0 Å². The van der Waals surface area contributed by atoms with E-state index in [-0.39, 0.29) is 102 Å². The fourth-order valence-electron chi connectivity index (χ4n) is 2.40. The van der Waals surface area contributed by atoms with Gasteiger partial charge >= 0.3 is 63.1 Å². The monoisotopic (exact) mass is 469 g/mol. The second-order valence-corrected chi connectivity index (χ2v) is 5.22. The molecule has 1 saturated heterocycles. The third-order valence-electron chi connectivity index (χ3n) is 3.71. The summed E-state index contributed by atoms with van der Waals surface area (Å²) in [6.45, 7) is 1.71. The van der Waals surface area contributed by atoms with Crippen molar-refractivity contribution in [1.82, 2.24) is 19.4 Å². The Labute approximate surface area is 224 Å². The molecule has 135 valence electrons. The molecule has 27 heavy (non-hydrogen) atoms. The molecule has 0 unspecified atom stereocenters. The van der Waals surface area contributed by atoms with Crippen LogP contribution in [0.1, 0.15) is 0 Å². The minimum absolute atomic E-state index is 0. The SMILES string of the molecule is O=[C-]N1CCN(C(=O)Nc2ccn(-c3cc[c-]cc3)c(=O)n2)CC1.[K+].[NH2-].[Y]. The molecule has 1 aliphatic rings. The topological polar surface area (TPSA) is 121 Å². The molecule has 1 fully saturated rings. The first-order valence-electron chi connectivity index (χ1n) is 7.42. The average Bonchev–Trinajstić information content (AvgIpc) is 2.62. The van der Waals surface area contributed by atoms with Gasteiger partial charge in [-0.25, -0.2) is 9.59 Å². The fraction of sp³-hybridized carbons (Fsp3) is 0.250. The summed E-state index contributed by atoms with van der Waals surface area (Å²) in [5.74, 6) is 0.188. The van der Waals surface area contributed by atoms with Gasteiger partial charge in [-0.1, -0.05) is 5.69 Å². The zero-order valence-corrected chi connectivity index (χ0v) is 20.9. The van der Waals surface area contributed by atoms with Crippen LogP contribution in [0.2, 0.25) is 0 Å². The normalized spacial score (nSPS) is 12.7. The van der Waals surface area contributed by atoms with Crippen molar-refractivity contribution in [1.29, 1.82) is 0 Å². The first kappa shape index (κ1) is 26.5. The second kappa shape index (κ2) is 12.9. The molecule has 0 atom stereocenters. The van der Waals surface area contributed by atoms with E-state index in [1.54, 1.807) is 41.4 Å². The van der Waals surface area contributed by atoms with Gasteiger partial charge in [-0.15, -0.1) is 12.1 Å². The van der Waals surface area contributed by atoms with E-state index in [4.69, 9.17) is 0 Å². The van der Waals surface area contributed by atoms with Crippen LogP contribution in [-0.2, 0) is 37.5 Å². The van der Waals surface area contributed by atoms with E-state index < -0.39 is 5.69 Å². The summed E-state index contributed by atoms with van der Waals surface area (Å²) in [5.41, 5.74) is 0.185. The van der Waals surface area contributed by atoms with Crippen LogP contribution < -0.4 is 62.4 Å². The summed E-state index contributed by atoms with van der Waals surface area (Å²) in [4.78, 5) is 41.8. The van der Waals surface area contributed by atoms with Crippen molar-refractivity contribution in [2.45, 2.75) is 0 Å². The van der Waals surface area contributed by atoms with E-state index in [1.165, 1.54) is 9.47 Å². The van der Waals surface area contributed by atoms with Crippen molar-refractivity contribution >= 4 is 18.3 Å². The number of nitrogens with two attached hydrogens (primary N) is 1. The van der Waals surface area contributed by atoms with Crippen molar-refractivity contribution in [3.63, 3.8) is 0 Å². The maximum atomic E-state index is 12.2. The molecule has 2 heterocycles. The zero-order chi connectivity index (χ0) is 16.9. The zero-order valence-electron chi connectivity index (χ0n) is 15.0. The van der Waals surface area contributed by atoms with Crippen molar-refractivity contribution < 1.29 is 93.7 Å². The van der Waals surface area contributed by atoms with Gasteiger partial charge in [0.1, 0.15) is 5.82 Å². The maximum absolute atomic E-state index is 12.2. The number of piperazine rings is 1. The average molecular weight is 469 g/mol. The summed E-state index contributed by atoms with van der Waals surface area (Å²) in [5, 5.41) is 2.60. The van der Waals surface area contributed by atoms with Crippen LogP contribution in [-0.4, -0.2) is 58.0 Å². The molecule has 1 aliphatic heterocycles. The Morgan fingerprint density at radius 2 is 1.78 bits per heavy atom. The Hall–Kier alpha value is -0.460. The Kier molecular flexibility index (Phi) is 12.7. The van der Waals surface area contributed by atoms with Gasteiger partial charge in [-0.2, -0.15) is 29.6 Å². The van der Waals surface area contributed by atoms with Crippen molar-refractivity contribution in [2.24, 2.45) is 0 Å². The number of amides is 3. The number of rotatable bonds is 3. The van der Waals surface area contributed by atoms with Gasteiger partial charge in [-0.05, 0) is 6.07 Å². The van der Waals surface area contributed by atoms with Crippen molar-refractivity contribution in [3.05, 3.63) is 59.2 Å². The molecule has 0 aliphatic carbocycles.